The number of aromatic nitrogens is 2. The van der Waals surface area contributed by atoms with Crippen molar-refractivity contribution in [1.29, 1.82) is 0 Å². The first kappa shape index (κ1) is 15.8. The van der Waals surface area contributed by atoms with Gasteiger partial charge in [0.1, 0.15) is 0 Å². The van der Waals surface area contributed by atoms with Crippen molar-refractivity contribution in [3.63, 3.8) is 0 Å². The summed E-state index contributed by atoms with van der Waals surface area (Å²) in [6.45, 7) is 0. The molecule has 0 atom stereocenters. The molecule has 0 spiro atoms. The highest BCUT2D eigenvalue weighted by Gasteiger charge is 2.14. The van der Waals surface area contributed by atoms with Crippen LogP contribution in [0, 0.1) is 0 Å². The molecule has 0 aliphatic heterocycles. The molecule has 0 bridgehead atoms. The second-order valence-electron chi connectivity index (χ2n) is 7.86. The third-order valence-corrected chi connectivity index (χ3v) is 6.17. The number of nitrogens with zero attached hydrogens (tertiary/aromatic N) is 2. The Labute approximate surface area is 172 Å². The van der Waals surface area contributed by atoms with E-state index >= 15 is 0 Å². The van der Waals surface area contributed by atoms with E-state index in [-0.39, 0.29) is 0 Å². The van der Waals surface area contributed by atoms with E-state index in [9.17, 15) is 0 Å². The molecule has 0 aliphatic rings. The summed E-state index contributed by atoms with van der Waals surface area (Å²) in [5.41, 5.74) is 3.82. The number of rotatable bonds is 0. The van der Waals surface area contributed by atoms with Gasteiger partial charge in [0.2, 0.25) is 0 Å². The van der Waals surface area contributed by atoms with Gasteiger partial charge in [-0.05, 0) is 44.5 Å². The highest BCUT2D eigenvalue weighted by molar-refractivity contribution is 6.30. The first-order valence-electron chi connectivity index (χ1n) is 10.2. The fourth-order valence-electron chi connectivity index (χ4n) is 4.78. The van der Waals surface area contributed by atoms with Crippen molar-refractivity contribution in [2.45, 2.75) is 0 Å². The third kappa shape index (κ3) is 2.08. The van der Waals surface area contributed by atoms with Crippen LogP contribution in [0.3, 0.4) is 0 Å². The smallest absolute Gasteiger partial charge is 0.0985 e. The Morgan fingerprint density at radius 3 is 1.70 bits per heavy atom. The molecule has 0 amide bonds. The van der Waals surface area contributed by atoms with E-state index < -0.39 is 0 Å². The van der Waals surface area contributed by atoms with Crippen molar-refractivity contribution >= 4 is 65.2 Å². The average Bonchev–Trinajstić information content (AvgIpc) is 2.81. The van der Waals surface area contributed by atoms with Crippen LogP contribution < -0.4 is 0 Å². The fourth-order valence-corrected chi connectivity index (χ4v) is 4.78. The second kappa shape index (κ2) is 5.74. The lowest BCUT2D eigenvalue weighted by molar-refractivity contribution is 1.43. The summed E-state index contributed by atoms with van der Waals surface area (Å²) in [6.07, 6.45) is 0. The Kier molecular flexibility index (Phi) is 3.03. The predicted octanol–water partition coefficient (Wildman–Crippen LogP) is 7.40. The molecule has 0 radical (unpaired) electrons. The van der Waals surface area contributed by atoms with Crippen LogP contribution in [0.1, 0.15) is 0 Å². The maximum absolute atomic E-state index is 5.19. The third-order valence-electron chi connectivity index (χ3n) is 6.17. The van der Waals surface area contributed by atoms with Gasteiger partial charge in [0.05, 0.1) is 22.1 Å². The molecule has 138 valence electrons. The van der Waals surface area contributed by atoms with Crippen molar-refractivity contribution in [2.24, 2.45) is 0 Å². The summed E-state index contributed by atoms with van der Waals surface area (Å²) < 4.78 is 0. The summed E-state index contributed by atoms with van der Waals surface area (Å²) in [6, 6.07) is 34.2. The van der Waals surface area contributed by atoms with E-state index in [2.05, 4.69) is 97.1 Å². The van der Waals surface area contributed by atoms with Gasteiger partial charge < -0.3 is 0 Å². The average molecular weight is 380 g/mol. The van der Waals surface area contributed by atoms with Gasteiger partial charge in [-0.1, -0.05) is 84.9 Å². The molecular weight excluding hydrogens is 364 g/mol. The quantitative estimate of drug-likeness (QED) is 0.202. The zero-order valence-electron chi connectivity index (χ0n) is 16.1. The van der Waals surface area contributed by atoms with Crippen LogP contribution in [-0.4, -0.2) is 9.97 Å². The number of benzene rings is 6. The zero-order valence-corrected chi connectivity index (χ0v) is 16.1. The van der Waals surface area contributed by atoms with E-state index in [0.717, 1.165) is 27.5 Å². The Morgan fingerprint density at radius 2 is 0.967 bits per heavy atom. The molecule has 0 N–H and O–H groups in total. The largest absolute Gasteiger partial charge is 0.244 e. The van der Waals surface area contributed by atoms with Gasteiger partial charge in [-0.15, -0.1) is 0 Å². The molecule has 30 heavy (non-hydrogen) atoms. The van der Waals surface area contributed by atoms with Crippen molar-refractivity contribution in [1.82, 2.24) is 9.97 Å². The molecule has 0 saturated heterocycles. The SMILES string of the molecule is c1ccc2cc3nc4c(nc3cc2c1)c1ccccc1c1ccc2ccccc2c14. The molecule has 0 unspecified atom stereocenters. The number of fused-ring (bicyclic) bond motifs is 10. The lowest BCUT2D eigenvalue weighted by Gasteiger charge is -2.12. The van der Waals surface area contributed by atoms with Gasteiger partial charge in [0.25, 0.3) is 0 Å². The predicted molar refractivity (Wildman–Crippen MR) is 127 cm³/mol. The molecule has 2 heteroatoms. The summed E-state index contributed by atoms with van der Waals surface area (Å²) in [5, 5.41) is 9.61. The van der Waals surface area contributed by atoms with Gasteiger partial charge >= 0.3 is 0 Å². The number of hydrogen-bond donors (Lipinski definition) is 0. The summed E-state index contributed by atoms with van der Waals surface area (Å²) in [7, 11) is 0. The van der Waals surface area contributed by atoms with Gasteiger partial charge in [-0.2, -0.15) is 0 Å². The van der Waals surface area contributed by atoms with Crippen LogP contribution in [0.4, 0.5) is 0 Å². The molecule has 7 aromatic rings. The minimum Gasteiger partial charge on any atom is -0.244 e. The van der Waals surface area contributed by atoms with Gasteiger partial charge in [-0.3, -0.25) is 0 Å². The first-order valence-corrected chi connectivity index (χ1v) is 10.2. The van der Waals surface area contributed by atoms with E-state index in [1.165, 1.54) is 37.7 Å². The molecule has 0 saturated carbocycles. The van der Waals surface area contributed by atoms with Crippen LogP contribution in [0.5, 0.6) is 0 Å². The molecular formula is C28H16N2. The lowest BCUT2D eigenvalue weighted by atomic mass is 9.95. The van der Waals surface area contributed by atoms with Crippen LogP contribution in [0.2, 0.25) is 0 Å². The monoisotopic (exact) mass is 380 g/mol. The molecule has 1 heterocycles. The Balaban J connectivity index is 1.81. The van der Waals surface area contributed by atoms with Crippen LogP contribution >= 0.6 is 0 Å². The lowest BCUT2D eigenvalue weighted by Crippen LogP contribution is -1.92. The summed E-state index contributed by atoms with van der Waals surface area (Å²) >= 11 is 0. The van der Waals surface area contributed by atoms with Crippen molar-refractivity contribution in [2.75, 3.05) is 0 Å². The molecule has 1 aromatic heterocycles. The minimum atomic E-state index is 0.936. The van der Waals surface area contributed by atoms with Gasteiger partial charge in [-0.25, -0.2) is 9.97 Å². The van der Waals surface area contributed by atoms with Crippen LogP contribution in [0.25, 0.3) is 65.2 Å². The minimum absolute atomic E-state index is 0.936. The Hall–Kier alpha value is -4.04. The molecule has 2 nitrogen and oxygen atoms in total. The van der Waals surface area contributed by atoms with Gasteiger partial charge in [0.15, 0.2) is 0 Å². The second-order valence-corrected chi connectivity index (χ2v) is 7.86. The molecule has 0 fully saturated rings. The molecule has 7 rings (SSSR count). The Bertz CT molecular complexity index is 1790. The highest BCUT2D eigenvalue weighted by Crippen LogP contribution is 2.38. The maximum Gasteiger partial charge on any atom is 0.0985 e. The Morgan fingerprint density at radius 1 is 0.400 bits per heavy atom. The van der Waals surface area contributed by atoms with E-state index in [1.54, 1.807) is 0 Å². The number of hydrogen-bond acceptors (Lipinski definition) is 2. The summed E-state index contributed by atoms with van der Waals surface area (Å²) in [5.74, 6) is 0. The van der Waals surface area contributed by atoms with Gasteiger partial charge in [0, 0.05) is 10.8 Å². The van der Waals surface area contributed by atoms with Crippen molar-refractivity contribution in [3.05, 3.63) is 97.1 Å². The normalized spacial score (nSPS) is 12.0. The topological polar surface area (TPSA) is 25.8 Å². The molecule has 6 aromatic carbocycles. The van der Waals surface area contributed by atoms with Crippen molar-refractivity contribution < 1.29 is 0 Å². The van der Waals surface area contributed by atoms with E-state index in [0.29, 0.717) is 0 Å². The standard InChI is InChI=1S/C28H16N2/c1-2-9-19-16-25-24(15-18(19)8-1)29-27-23-12-6-5-11-21(23)22-14-13-17-7-3-4-10-20(17)26(22)28(27)30-25/h1-16H. The van der Waals surface area contributed by atoms with Crippen LogP contribution in [0.15, 0.2) is 97.1 Å². The fraction of sp³-hybridized carbons (Fsp3) is 0. The van der Waals surface area contributed by atoms with E-state index in [1.807, 2.05) is 0 Å². The van der Waals surface area contributed by atoms with Crippen molar-refractivity contribution in [3.8, 4) is 0 Å². The van der Waals surface area contributed by atoms with Crippen LogP contribution in [-0.2, 0) is 0 Å². The molecule has 0 aliphatic carbocycles. The van der Waals surface area contributed by atoms with E-state index in [4.69, 9.17) is 9.97 Å². The zero-order chi connectivity index (χ0) is 19.7. The first-order chi connectivity index (χ1) is 14.9. The highest BCUT2D eigenvalue weighted by atomic mass is 14.8. The maximum atomic E-state index is 5.19. The summed E-state index contributed by atoms with van der Waals surface area (Å²) in [4.78, 5) is 10.3.